The highest BCUT2D eigenvalue weighted by atomic mass is 15.0. The fourth-order valence-corrected chi connectivity index (χ4v) is 3.05. The first-order chi connectivity index (χ1) is 9.41. The van der Waals surface area contributed by atoms with Crippen molar-refractivity contribution >= 4 is 11.4 Å². The summed E-state index contributed by atoms with van der Waals surface area (Å²) in [5.74, 6) is 0. The molecule has 102 valence electrons. The molecule has 0 aromatic heterocycles. The van der Waals surface area contributed by atoms with Crippen molar-refractivity contribution in [3.63, 3.8) is 0 Å². The average Bonchev–Trinajstić information content (AvgIpc) is 2.61. The minimum atomic E-state index is 0.116. The lowest BCUT2D eigenvalue weighted by molar-refractivity contribution is -0.403. The van der Waals surface area contributed by atoms with Crippen LogP contribution in [0.25, 0.3) is 11.1 Å². The topological polar surface area (TPSA) is 3.01 Å². The van der Waals surface area contributed by atoms with Gasteiger partial charge in [-0.05, 0) is 44.0 Å². The van der Waals surface area contributed by atoms with Crippen molar-refractivity contribution in [1.82, 2.24) is 0 Å². The number of nitrogens with zero attached hydrogens (tertiary/aromatic N) is 1. The molecule has 0 atom stereocenters. The zero-order valence-corrected chi connectivity index (χ0v) is 13.0. The monoisotopic (exact) mass is 264 g/mol. The van der Waals surface area contributed by atoms with Crippen LogP contribution in [-0.4, -0.2) is 17.3 Å². The molecule has 0 radical (unpaired) electrons. The molecule has 3 rings (SSSR count). The first-order valence-electron chi connectivity index (χ1n) is 7.20. The molecular weight excluding hydrogens is 242 g/mol. The van der Waals surface area contributed by atoms with E-state index in [-0.39, 0.29) is 5.41 Å². The van der Waals surface area contributed by atoms with Gasteiger partial charge in [-0.3, -0.25) is 0 Å². The summed E-state index contributed by atoms with van der Waals surface area (Å²) in [6, 6.07) is 15.6. The first kappa shape index (κ1) is 13.1. The number of aryl methyl sites for hydroxylation is 1. The predicted molar refractivity (Wildman–Crippen MR) is 86.2 cm³/mol. The zero-order valence-electron chi connectivity index (χ0n) is 13.0. The Morgan fingerprint density at radius 3 is 2.10 bits per heavy atom. The van der Waals surface area contributed by atoms with Gasteiger partial charge in [0.05, 0.1) is 5.41 Å². The normalized spacial score (nSPS) is 16.4. The van der Waals surface area contributed by atoms with E-state index in [9.17, 15) is 0 Å². The van der Waals surface area contributed by atoms with Gasteiger partial charge in [-0.2, -0.15) is 0 Å². The van der Waals surface area contributed by atoms with Crippen molar-refractivity contribution in [2.75, 3.05) is 7.05 Å². The maximum absolute atomic E-state index is 2.35. The van der Waals surface area contributed by atoms with Crippen molar-refractivity contribution in [2.45, 2.75) is 33.1 Å². The Hall–Kier alpha value is -1.89. The molecule has 0 fully saturated rings. The fourth-order valence-electron chi connectivity index (χ4n) is 3.05. The van der Waals surface area contributed by atoms with E-state index in [0.717, 1.165) is 0 Å². The summed E-state index contributed by atoms with van der Waals surface area (Å²) >= 11 is 0. The van der Waals surface area contributed by atoms with Crippen LogP contribution in [0.1, 0.15) is 31.9 Å². The van der Waals surface area contributed by atoms with Crippen molar-refractivity contribution < 1.29 is 4.58 Å². The summed E-state index contributed by atoms with van der Waals surface area (Å²) in [6.45, 7) is 8.97. The lowest BCUT2D eigenvalue weighted by Crippen LogP contribution is -2.25. The Bertz CT molecular complexity index is 703. The van der Waals surface area contributed by atoms with Crippen LogP contribution >= 0.6 is 0 Å². The molecule has 2 aromatic carbocycles. The van der Waals surface area contributed by atoms with Crippen LogP contribution in [0, 0.1) is 6.92 Å². The Labute approximate surface area is 121 Å². The molecule has 0 spiro atoms. The predicted octanol–water partition coefficient (Wildman–Crippen LogP) is 4.69. The lowest BCUT2D eigenvalue weighted by atomic mass is 9.81. The summed E-state index contributed by atoms with van der Waals surface area (Å²) in [5.41, 5.74) is 8.19. The Kier molecular flexibility index (Phi) is 2.82. The summed E-state index contributed by atoms with van der Waals surface area (Å²) in [6.07, 6.45) is 0. The summed E-state index contributed by atoms with van der Waals surface area (Å²) in [4.78, 5) is 0. The van der Waals surface area contributed by atoms with Gasteiger partial charge in [0.15, 0.2) is 5.71 Å². The highest BCUT2D eigenvalue weighted by molar-refractivity contribution is 5.94. The number of hydrogen-bond acceptors (Lipinski definition) is 0. The van der Waals surface area contributed by atoms with Gasteiger partial charge < -0.3 is 0 Å². The SMILES string of the molecule is CC1=[N+](C)c2ccc(-c3ccc(C)cc3)cc2C1(C)C. The molecule has 1 heterocycles. The van der Waals surface area contributed by atoms with Gasteiger partial charge in [-0.1, -0.05) is 29.8 Å². The Morgan fingerprint density at radius 1 is 0.850 bits per heavy atom. The second-order valence-electron chi connectivity index (χ2n) is 6.37. The maximum Gasteiger partial charge on any atom is 0.209 e. The largest absolute Gasteiger partial charge is 0.209 e. The average molecular weight is 264 g/mol. The van der Waals surface area contributed by atoms with E-state index in [0.29, 0.717) is 0 Å². The van der Waals surface area contributed by atoms with E-state index in [1.54, 1.807) is 0 Å². The number of fused-ring (bicyclic) bond motifs is 1. The number of benzene rings is 2. The van der Waals surface area contributed by atoms with Crippen molar-refractivity contribution in [2.24, 2.45) is 0 Å². The maximum atomic E-state index is 2.35. The second kappa shape index (κ2) is 4.31. The van der Waals surface area contributed by atoms with E-state index in [2.05, 4.69) is 81.8 Å². The minimum Gasteiger partial charge on any atom is -0.202 e. The number of hydrogen-bond donors (Lipinski definition) is 0. The molecule has 1 aliphatic heterocycles. The molecule has 1 heteroatoms. The molecule has 2 aromatic rings. The molecule has 1 aliphatic rings. The molecule has 0 bridgehead atoms. The van der Waals surface area contributed by atoms with Crippen LogP contribution in [0.15, 0.2) is 42.5 Å². The third-order valence-corrected chi connectivity index (χ3v) is 4.82. The quantitative estimate of drug-likeness (QED) is 0.657. The summed E-state index contributed by atoms with van der Waals surface area (Å²) < 4.78 is 2.31. The highest BCUT2D eigenvalue weighted by Gasteiger charge is 2.41. The Morgan fingerprint density at radius 2 is 1.45 bits per heavy atom. The van der Waals surface area contributed by atoms with Crippen molar-refractivity contribution in [3.05, 3.63) is 53.6 Å². The van der Waals surface area contributed by atoms with E-state index >= 15 is 0 Å². The van der Waals surface area contributed by atoms with E-state index in [1.807, 2.05) is 0 Å². The Balaban J connectivity index is 2.13. The third-order valence-electron chi connectivity index (χ3n) is 4.82. The first-order valence-corrected chi connectivity index (χ1v) is 7.20. The van der Waals surface area contributed by atoms with Gasteiger partial charge in [0.25, 0.3) is 0 Å². The van der Waals surface area contributed by atoms with Gasteiger partial charge in [0.2, 0.25) is 5.69 Å². The molecular formula is C19H22N+. The standard InChI is InChI=1S/C19H22N/c1-13-6-8-15(9-7-13)16-10-11-18-17(12-16)19(3,4)14(2)20(18)5/h6-12H,1-5H3/q+1. The van der Waals surface area contributed by atoms with Gasteiger partial charge in [0.1, 0.15) is 7.05 Å². The number of rotatable bonds is 1. The van der Waals surface area contributed by atoms with Gasteiger partial charge in [-0.25, -0.2) is 4.58 Å². The van der Waals surface area contributed by atoms with Crippen molar-refractivity contribution in [1.29, 1.82) is 0 Å². The highest BCUT2D eigenvalue weighted by Crippen LogP contribution is 2.40. The van der Waals surface area contributed by atoms with Gasteiger partial charge in [-0.15, -0.1) is 0 Å². The van der Waals surface area contributed by atoms with Crippen molar-refractivity contribution in [3.8, 4) is 11.1 Å². The minimum absolute atomic E-state index is 0.116. The molecule has 0 unspecified atom stereocenters. The summed E-state index contributed by atoms with van der Waals surface area (Å²) in [7, 11) is 2.16. The molecule has 0 saturated heterocycles. The smallest absolute Gasteiger partial charge is 0.202 e. The van der Waals surface area contributed by atoms with Gasteiger partial charge >= 0.3 is 0 Å². The second-order valence-corrected chi connectivity index (χ2v) is 6.37. The lowest BCUT2D eigenvalue weighted by Gasteiger charge is -2.16. The van der Waals surface area contributed by atoms with Crippen LogP contribution in [0.3, 0.4) is 0 Å². The van der Waals surface area contributed by atoms with E-state index in [1.165, 1.54) is 33.7 Å². The third kappa shape index (κ3) is 1.81. The summed E-state index contributed by atoms with van der Waals surface area (Å²) in [5, 5.41) is 0. The van der Waals surface area contributed by atoms with Crippen LogP contribution < -0.4 is 0 Å². The zero-order chi connectivity index (χ0) is 14.5. The molecule has 0 saturated carbocycles. The fraction of sp³-hybridized carbons (Fsp3) is 0.316. The molecule has 0 amide bonds. The van der Waals surface area contributed by atoms with Gasteiger partial charge in [0, 0.05) is 18.6 Å². The van der Waals surface area contributed by atoms with Crippen LogP contribution in [0.2, 0.25) is 0 Å². The van der Waals surface area contributed by atoms with Crippen LogP contribution in [0.4, 0.5) is 5.69 Å². The van der Waals surface area contributed by atoms with E-state index < -0.39 is 0 Å². The molecule has 20 heavy (non-hydrogen) atoms. The molecule has 1 nitrogen and oxygen atoms in total. The molecule has 0 N–H and O–H groups in total. The van der Waals surface area contributed by atoms with E-state index in [4.69, 9.17) is 0 Å². The molecule has 0 aliphatic carbocycles. The van der Waals surface area contributed by atoms with Crippen LogP contribution in [-0.2, 0) is 5.41 Å². The van der Waals surface area contributed by atoms with Crippen LogP contribution in [0.5, 0.6) is 0 Å².